The molecule has 0 heterocycles. The maximum absolute atomic E-state index is 13.5. The number of hydrogen-bond acceptors (Lipinski definition) is 4. The smallest absolute Gasteiger partial charge is 0.325 e. The first-order valence-electron chi connectivity index (χ1n) is 4.98. The molecule has 0 aliphatic carbocycles. The van der Waals surface area contributed by atoms with Crippen molar-refractivity contribution in [1.82, 2.24) is 4.90 Å². The fourth-order valence-corrected chi connectivity index (χ4v) is 1.28. The Morgan fingerprint density at radius 1 is 1.32 bits per heavy atom. The minimum Gasteiger partial charge on any atom is -0.503 e. The average Bonchev–Trinajstić information content (AvgIpc) is 2.39. The number of aromatic hydroxyl groups is 1. The number of hydrogen-bond donors (Lipinski definition) is 1. The minimum absolute atomic E-state index is 0.306. The lowest BCUT2D eigenvalue weighted by Gasteiger charge is -2.16. The average molecular weight is 277 g/mol. The van der Waals surface area contributed by atoms with Gasteiger partial charge in [-0.25, -0.2) is 8.78 Å². The van der Waals surface area contributed by atoms with Gasteiger partial charge in [0.15, 0.2) is 17.4 Å². The van der Waals surface area contributed by atoms with Crippen LogP contribution in [0.5, 0.6) is 5.75 Å². The van der Waals surface area contributed by atoms with Gasteiger partial charge in [0, 0.05) is 7.05 Å². The number of carbonyl (C=O) groups excluding carboxylic acids is 2. The summed E-state index contributed by atoms with van der Waals surface area (Å²) in [4.78, 5) is 23.4. The van der Waals surface area contributed by atoms with E-state index in [0.717, 1.165) is 19.1 Å². The van der Waals surface area contributed by atoms with Crippen LogP contribution in [0, 0.1) is 17.5 Å². The lowest BCUT2D eigenvalue weighted by atomic mass is 10.1. The number of rotatable bonds is 3. The van der Waals surface area contributed by atoms with E-state index < -0.39 is 47.2 Å². The molecule has 0 radical (unpaired) electrons. The zero-order chi connectivity index (χ0) is 14.7. The molecule has 0 bridgehead atoms. The van der Waals surface area contributed by atoms with Gasteiger partial charge in [-0.2, -0.15) is 4.39 Å². The van der Waals surface area contributed by atoms with Crippen LogP contribution in [-0.2, 0) is 9.53 Å². The Hall–Kier alpha value is -2.25. The first-order valence-corrected chi connectivity index (χ1v) is 4.98. The number of nitrogens with zero attached hydrogens (tertiary/aromatic N) is 1. The highest BCUT2D eigenvalue weighted by atomic mass is 19.2. The molecular formula is C11H10F3NO4. The number of esters is 1. The van der Waals surface area contributed by atoms with Crippen LogP contribution >= 0.6 is 0 Å². The minimum atomic E-state index is -1.79. The molecule has 1 amide bonds. The third kappa shape index (κ3) is 2.95. The van der Waals surface area contributed by atoms with Gasteiger partial charge in [0.2, 0.25) is 5.82 Å². The Labute approximate surface area is 106 Å². The molecule has 1 aromatic carbocycles. The van der Waals surface area contributed by atoms with Crippen LogP contribution in [0.25, 0.3) is 0 Å². The molecule has 1 aromatic rings. The van der Waals surface area contributed by atoms with E-state index in [1.54, 1.807) is 0 Å². The topological polar surface area (TPSA) is 66.8 Å². The second-order valence-corrected chi connectivity index (χ2v) is 3.62. The highest BCUT2D eigenvalue weighted by Crippen LogP contribution is 2.26. The lowest BCUT2D eigenvalue weighted by Crippen LogP contribution is -2.33. The quantitative estimate of drug-likeness (QED) is 0.662. The van der Waals surface area contributed by atoms with Crippen LogP contribution in [0.4, 0.5) is 13.2 Å². The summed E-state index contributed by atoms with van der Waals surface area (Å²) in [7, 11) is 2.22. The molecule has 0 unspecified atom stereocenters. The second kappa shape index (κ2) is 5.59. The van der Waals surface area contributed by atoms with E-state index in [1.165, 1.54) is 0 Å². The predicted molar refractivity (Wildman–Crippen MR) is 57.0 cm³/mol. The zero-order valence-electron chi connectivity index (χ0n) is 10.0. The summed E-state index contributed by atoms with van der Waals surface area (Å²) in [6.45, 7) is -0.505. The number of methoxy groups -OCH3 is 1. The fraction of sp³-hybridized carbons (Fsp3) is 0.273. The van der Waals surface area contributed by atoms with E-state index in [9.17, 15) is 22.8 Å². The van der Waals surface area contributed by atoms with Crippen LogP contribution in [0.2, 0.25) is 0 Å². The monoisotopic (exact) mass is 277 g/mol. The van der Waals surface area contributed by atoms with Crippen molar-refractivity contribution in [1.29, 1.82) is 0 Å². The molecule has 0 saturated carbocycles. The maximum atomic E-state index is 13.5. The standard InChI is InChI=1S/C11H10F3NO4/c1-15(4-7(16)19-2)11(18)5-3-6(12)9(14)10(17)8(5)13/h3,17H,4H2,1-2H3. The Morgan fingerprint density at radius 2 is 1.89 bits per heavy atom. The van der Waals surface area contributed by atoms with Crippen LogP contribution in [0.1, 0.15) is 10.4 Å². The number of phenolic OH excluding ortho intramolecular Hbond substituents is 1. The van der Waals surface area contributed by atoms with Gasteiger partial charge in [-0.15, -0.1) is 0 Å². The number of halogens is 3. The number of phenols is 1. The van der Waals surface area contributed by atoms with E-state index in [0.29, 0.717) is 6.07 Å². The number of carbonyl (C=O) groups is 2. The largest absolute Gasteiger partial charge is 0.503 e. The summed E-state index contributed by atoms with van der Waals surface area (Å²) < 4.78 is 43.6. The van der Waals surface area contributed by atoms with Crippen molar-refractivity contribution in [2.45, 2.75) is 0 Å². The summed E-state index contributed by atoms with van der Waals surface area (Å²) in [5.41, 5.74) is -0.886. The summed E-state index contributed by atoms with van der Waals surface area (Å²) in [5.74, 6) is -8.42. The Kier molecular flexibility index (Phi) is 4.36. The van der Waals surface area contributed by atoms with Crippen LogP contribution < -0.4 is 0 Å². The Balaban J connectivity index is 3.10. The van der Waals surface area contributed by atoms with Gasteiger partial charge in [-0.3, -0.25) is 9.59 Å². The van der Waals surface area contributed by atoms with Gasteiger partial charge in [0.25, 0.3) is 5.91 Å². The maximum Gasteiger partial charge on any atom is 0.325 e. The second-order valence-electron chi connectivity index (χ2n) is 3.62. The number of amides is 1. The summed E-state index contributed by atoms with van der Waals surface area (Å²) in [6, 6.07) is 0.306. The van der Waals surface area contributed by atoms with Gasteiger partial charge in [-0.1, -0.05) is 0 Å². The molecule has 1 rings (SSSR count). The summed E-state index contributed by atoms with van der Waals surface area (Å²) in [6.07, 6.45) is 0. The van der Waals surface area contributed by atoms with Crippen molar-refractivity contribution < 1.29 is 32.6 Å². The predicted octanol–water partition coefficient (Wildman–Crippen LogP) is 1.05. The van der Waals surface area contributed by atoms with Gasteiger partial charge in [0.1, 0.15) is 6.54 Å². The molecule has 0 fully saturated rings. The van der Waals surface area contributed by atoms with Gasteiger partial charge in [-0.05, 0) is 6.07 Å². The van der Waals surface area contributed by atoms with E-state index in [-0.39, 0.29) is 0 Å². The third-order valence-corrected chi connectivity index (χ3v) is 2.30. The molecular weight excluding hydrogens is 267 g/mol. The number of benzene rings is 1. The molecule has 0 atom stereocenters. The lowest BCUT2D eigenvalue weighted by molar-refractivity contribution is -0.141. The normalized spacial score (nSPS) is 10.2. The Morgan fingerprint density at radius 3 is 2.42 bits per heavy atom. The molecule has 0 aliphatic heterocycles. The van der Waals surface area contributed by atoms with Gasteiger partial charge >= 0.3 is 5.97 Å². The van der Waals surface area contributed by atoms with Gasteiger partial charge < -0.3 is 14.7 Å². The zero-order valence-corrected chi connectivity index (χ0v) is 10.0. The molecule has 19 heavy (non-hydrogen) atoms. The first kappa shape index (κ1) is 14.8. The Bertz CT molecular complexity index is 533. The number of ether oxygens (including phenoxy) is 1. The molecule has 1 N–H and O–H groups in total. The molecule has 0 saturated heterocycles. The van der Waals surface area contributed by atoms with E-state index in [1.807, 2.05) is 0 Å². The highest BCUT2D eigenvalue weighted by molar-refractivity contribution is 5.96. The van der Waals surface area contributed by atoms with Crippen molar-refractivity contribution in [3.63, 3.8) is 0 Å². The molecule has 8 heteroatoms. The van der Waals surface area contributed by atoms with E-state index >= 15 is 0 Å². The van der Waals surface area contributed by atoms with Crippen molar-refractivity contribution in [2.75, 3.05) is 20.7 Å². The van der Waals surface area contributed by atoms with Crippen molar-refractivity contribution >= 4 is 11.9 Å². The highest BCUT2D eigenvalue weighted by Gasteiger charge is 2.25. The third-order valence-electron chi connectivity index (χ3n) is 2.30. The van der Waals surface area contributed by atoms with Crippen LogP contribution in [-0.4, -0.2) is 42.6 Å². The van der Waals surface area contributed by atoms with Crippen molar-refractivity contribution in [3.8, 4) is 5.75 Å². The molecule has 5 nitrogen and oxygen atoms in total. The van der Waals surface area contributed by atoms with Gasteiger partial charge in [0.05, 0.1) is 12.7 Å². The van der Waals surface area contributed by atoms with Crippen LogP contribution in [0.15, 0.2) is 6.07 Å². The summed E-state index contributed by atoms with van der Waals surface area (Å²) in [5, 5.41) is 8.97. The number of likely N-dealkylation sites (N-methyl/N-ethyl adjacent to an activating group) is 1. The van der Waals surface area contributed by atoms with E-state index in [4.69, 9.17) is 5.11 Å². The molecule has 0 aliphatic rings. The molecule has 0 spiro atoms. The van der Waals surface area contributed by atoms with Crippen LogP contribution in [0.3, 0.4) is 0 Å². The first-order chi connectivity index (χ1) is 8.79. The van der Waals surface area contributed by atoms with Crippen molar-refractivity contribution in [3.05, 3.63) is 29.1 Å². The summed E-state index contributed by atoms with van der Waals surface area (Å²) >= 11 is 0. The van der Waals surface area contributed by atoms with Crippen molar-refractivity contribution in [2.24, 2.45) is 0 Å². The van der Waals surface area contributed by atoms with E-state index in [2.05, 4.69) is 4.74 Å². The fourth-order valence-electron chi connectivity index (χ4n) is 1.28. The molecule has 104 valence electrons. The SMILES string of the molecule is COC(=O)CN(C)C(=O)c1cc(F)c(F)c(O)c1F. The molecule has 0 aromatic heterocycles.